The number of carbonyl (C=O) groups excluding carboxylic acids is 1. The van der Waals surface area contributed by atoms with Gasteiger partial charge in [0.05, 0.1) is 17.8 Å². The first-order chi connectivity index (χ1) is 15.8. The summed E-state index contributed by atoms with van der Waals surface area (Å²) in [7, 11) is 0. The van der Waals surface area contributed by atoms with Crippen molar-refractivity contribution >= 4 is 11.6 Å². The fourth-order valence-corrected chi connectivity index (χ4v) is 3.67. The number of para-hydroxylation sites is 2. The standard InChI is InChI=1S/C26H27N5O2/c1-16-10-12-21(13-11-16)33-24-9-7-6-8-23(24)29-25(32)15-22-19(4)30-31(20(22)5)26-27-17(2)14-18(3)28-26/h6-14H,15H2,1-5H3,(H,29,32). The van der Waals surface area contributed by atoms with Crippen molar-refractivity contribution in [2.75, 3.05) is 5.32 Å². The topological polar surface area (TPSA) is 81.9 Å². The van der Waals surface area contributed by atoms with Crippen molar-refractivity contribution in [3.8, 4) is 17.4 Å². The second-order valence-electron chi connectivity index (χ2n) is 8.15. The summed E-state index contributed by atoms with van der Waals surface area (Å²) in [5.41, 5.74) is 5.98. The van der Waals surface area contributed by atoms with E-state index in [2.05, 4.69) is 20.4 Å². The molecule has 7 heteroatoms. The van der Waals surface area contributed by atoms with Crippen LogP contribution in [0.1, 0.15) is 33.9 Å². The summed E-state index contributed by atoms with van der Waals surface area (Å²) in [5, 5.41) is 7.57. The molecule has 0 fully saturated rings. The Morgan fingerprint density at radius 1 is 0.939 bits per heavy atom. The highest BCUT2D eigenvalue weighted by atomic mass is 16.5. The molecule has 0 bridgehead atoms. The van der Waals surface area contributed by atoms with Gasteiger partial charge in [0.15, 0.2) is 5.75 Å². The lowest BCUT2D eigenvalue weighted by atomic mass is 10.1. The minimum Gasteiger partial charge on any atom is -0.455 e. The molecule has 0 aliphatic carbocycles. The van der Waals surface area contributed by atoms with E-state index in [1.54, 1.807) is 4.68 Å². The third-order valence-electron chi connectivity index (χ3n) is 5.35. The second-order valence-corrected chi connectivity index (χ2v) is 8.15. The summed E-state index contributed by atoms with van der Waals surface area (Å²) in [4.78, 5) is 21.9. The number of nitrogens with zero attached hydrogens (tertiary/aromatic N) is 4. The summed E-state index contributed by atoms with van der Waals surface area (Å²) in [6, 6.07) is 17.1. The molecule has 0 unspecified atom stereocenters. The first-order valence-electron chi connectivity index (χ1n) is 10.8. The van der Waals surface area contributed by atoms with E-state index in [4.69, 9.17) is 4.74 Å². The van der Waals surface area contributed by atoms with Crippen molar-refractivity contribution in [1.82, 2.24) is 19.7 Å². The number of aromatic nitrogens is 4. The number of benzene rings is 2. The number of hydrogen-bond acceptors (Lipinski definition) is 5. The molecule has 1 N–H and O–H groups in total. The minimum atomic E-state index is -0.151. The molecule has 168 valence electrons. The largest absolute Gasteiger partial charge is 0.455 e. The van der Waals surface area contributed by atoms with E-state index in [1.807, 2.05) is 89.2 Å². The van der Waals surface area contributed by atoms with Crippen molar-refractivity contribution in [2.45, 2.75) is 41.0 Å². The highest BCUT2D eigenvalue weighted by molar-refractivity contribution is 5.94. The number of ether oxygens (including phenoxy) is 1. The van der Waals surface area contributed by atoms with Crippen molar-refractivity contribution in [3.63, 3.8) is 0 Å². The van der Waals surface area contributed by atoms with Gasteiger partial charge in [-0.3, -0.25) is 4.79 Å². The number of aryl methyl sites for hydroxylation is 4. The smallest absolute Gasteiger partial charge is 0.251 e. The Morgan fingerprint density at radius 3 is 2.30 bits per heavy atom. The van der Waals surface area contributed by atoms with Crippen LogP contribution in [0.15, 0.2) is 54.6 Å². The first kappa shape index (κ1) is 22.2. The summed E-state index contributed by atoms with van der Waals surface area (Å²) in [6.07, 6.45) is 0.182. The van der Waals surface area contributed by atoms with Crippen LogP contribution in [0.25, 0.3) is 5.95 Å². The maximum Gasteiger partial charge on any atom is 0.251 e. The lowest BCUT2D eigenvalue weighted by Gasteiger charge is -2.12. The lowest BCUT2D eigenvalue weighted by Crippen LogP contribution is -2.16. The van der Waals surface area contributed by atoms with Gasteiger partial charge in [0, 0.05) is 22.6 Å². The Labute approximate surface area is 193 Å². The number of amides is 1. The molecule has 0 saturated heterocycles. The van der Waals surface area contributed by atoms with Gasteiger partial charge in [-0.2, -0.15) is 5.10 Å². The van der Waals surface area contributed by atoms with Gasteiger partial charge in [-0.25, -0.2) is 14.6 Å². The summed E-state index contributed by atoms with van der Waals surface area (Å²) < 4.78 is 7.70. The third kappa shape index (κ3) is 5.09. The molecule has 2 aromatic carbocycles. The number of anilines is 1. The Hall–Kier alpha value is -4.00. The van der Waals surface area contributed by atoms with Gasteiger partial charge in [0.2, 0.25) is 5.91 Å². The molecule has 0 atom stereocenters. The zero-order valence-corrected chi connectivity index (χ0v) is 19.5. The SMILES string of the molecule is Cc1ccc(Oc2ccccc2NC(=O)Cc2c(C)nn(-c3nc(C)cc(C)n3)c2C)cc1. The van der Waals surface area contributed by atoms with Crippen LogP contribution >= 0.6 is 0 Å². The fraction of sp³-hybridized carbons (Fsp3) is 0.231. The van der Waals surface area contributed by atoms with Gasteiger partial charge < -0.3 is 10.1 Å². The van der Waals surface area contributed by atoms with Gasteiger partial charge in [-0.1, -0.05) is 29.8 Å². The zero-order chi connectivity index (χ0) is 23.5. The number of nitrogens with one attached hydrogen (secondary N) is 1. The van der Waals surface area contributed by atoms with Crippen LogP contribution in [0.2, 0.25) is 0 Å². The zero-order valence-electron chi connectivity index (χ0n) is 19.5. The van der Waals surface area contributed by atoms with Crippen LogP contribution in [0.4, 0.5) is 5.69 Å². The minimum absolute atomic E-state index is 0.151. The lowest BCUT2D eigenvalue weighted by molar-refractivity contribution is -0.115. The highest BCUT2D eigenvalue weighted by Crippen LogP contribution is 2.29. The van der Waals surface area contributed by atoms with E-state index < -0.39 is 0 Å². The quantitative estimate of drug-likeness (QED) is 0.446. The van der Waals surface area contributed by atoms with Crippen LogP contribution in [0, 0.1) is 34.6 Å². The number of hydrogen-bond donors (Lipinski definition) is 1. The van der Waals surface area contributed by atoms with E-state index in [0.29, 0.717) is 23.1 Å². The van der Waals surface area contributed by atoms with Crippen LogP contribution in [-0.4, -0.2) is 25.7 Å². The normalized spacial score (nSPS) is 10.8. The van der Waals surface area contributed by atoms with E-state index in [-0.39, 0.29) is 12.3 Å². The molecular weight excluding hydrogens is 414 g/mol. The molecule has 4 rings (SSSR count). The molecular formula is C26H27N5O2. The van der Waals surface area contributed by atoms with Crippen molar-refractivity contribution in [3.05, 3.63) is 88.5 Å². The molecule has 0 aliphatic heterocycles. The van der Waals surface area contributed by atoms with Gasteiger partial charge in [-0.15, -0.1) is 0 Å². The number of rotatable bonds is 6. The van der Waals surface area contributed by atoms with Crippen molar-refractivity contribution in [1.29, 1.82) is 0 Å². The van der Waals surface area contributed by atoms with E-state index in [9.17, 15) is 4.79 Å². The van der Waals surface area contributed by atoms with Gasteiger partial charge in [0.25, 0.3) is 5.95 Å². The van der Waals surface area contributed by atoms with E-state index in [0.717, 1.165) is 33.9 Å². The fourth-order valence-electron chi connectivity index (χ4n) is 3.67. The summed E-state index contributed by atoms with van der Waals surface area (Å²) in [6.45, 7) is 9.69. The van der Waals surface area contributed by atoms with E-state index in [1.165, 1.54) is 0 Å². The Balaban J connectivity index is 1.53. The molecule has 7 nitrogen and oxygen atoms in total. The molecule has 1 amide bonds. The predicted molar refractivity (Wildman–Crippen MR) is 128 cm³/mol. The molecule has 2 heterocycles. The Morgan fingerprint density at radius 2 is 1.61 bits per heavy atom. The van der Waals surface area contributed by atoms with Crippen LogP contribution < -0.4 is 10.1 Å². The molecule has 0 saturated carbocycles. The maximum absolute atomic E-state index is 13.0. The predicted octanol–water partition coefficient (Wildman–Crippen LogP) is 5.18. The third-order valence-corrected chi connectivity index (χ3v) is 5.35. The van der Waals surface area contributed by atoms with E-state index >= 15 is 0 Å². The Bertz CT molecular complexity index is 1290. The van der Waals surface area contributed by atoms with Crippen LogP contribution in [0.3, 0.4) is 0 Å². The van der Waals surface area contributed by atoms with Gasteiger partial charge in [-0.05, 0) is 65.0 Å². The van der Waals surface area contributed by atoms with Crippen molar-refractivity contribution in [2.24, 2.45) is 0 Å². The van der Waals surface area contributed by atoms with Crippen LogP contribution in [0.5, 0.6) is 11.5 Å². The van der Waals surface area contributed by atoms with Gasteiger partial charge >= 0.3 is 0 Å². The van der Waals surface area contributed by atoms with Gasteiger partial charge in [0.1, 0.15) is 5.75 Å². The van der Waals surface area contributed by atoms with Crippen molar-refractivity contribution < 1.29 is 9.53 Å². The van der Waals surface area contributed by atoms with Crippen LogP contribution in [-0.2, 0) is 11.2 Å². The Kier molecular flexibility index (Phi) is 6.22. The molecule has 4 aromatic rings. The summed E-state index contributed by atoms with van der Waals surface area (Å²) in [5.74, 6) is 1.66. The average molecular weight is 442 g/mol. The summed E-state index contributed by atoms with van der Waals surface area (Å²) >= 11 is 0. The number of carbonyl (C=O) groups is 1. The molecule has 0 aliphatic rings. The molecule has 0 radical (unpaired) electrons. The molecule has 2 aromatic heterocycles. The molecule has 33 heavy (non-hydrogen) atoms. The molecule has 0 spiro atoms. The first-order valence-corrected chi connectivity index (χ1v) is 10.8. The maximum atomic E-state index is 13.0. The highest BCUT2D eigenvalue weighted by Gasteiger charge is 2.18. The monoisotopic (exact) mass is 441 g/mol. The second kappa shape index (κ2) is 9.24. The average Bonchev–Trinajstić information content (AvgIpc) is 3.04.